The van der Waals surface area contributed by atoms with Crippen molar-refractivity contribution in [3.8, 4) is 5.75 Å². The molecule has 0 aliphatic carbocycles. The van der Waals surface area contributed by atoms with Crippen LogP contribution in [0.15, 0.2) is 66.8 Å². The fourth-order valence-electron chi connectivity index (χ4n) is 5.11. The number of ether oxygens (including phenoxy) is 1. The Morgan fingerprint density at radius 2 is 1.72 bits per heavy atom. The maximum absolute atomic E-state index is 11.5. The lowest BCUT2D eigenvalue weighted by Crippen LogP contribution is -2.41. The molecule has 1 rings (SSSR count). The summed E-state index contributed by atoms with van der Waals surface area (Å²) in [6.45, 7) is 17.3. The third kappa shape index (κ3) is 11.8. The molecule has 5 N–H and O–H groups in total. The third-order valence-corrected chi connectivity index (χ3v) is 7.54. The number of aryl methyl sites for hydroxylation is 2. The van der Waals surface area contributed by atoms with Crippen LogP contribution < -0.4 is 5.73 Å². The summed E-state index contributed by atoms with van der Waals surface area (Å²) in [5, 5.41) is 31.8. The summed E-state index contributed by atoms with van der Waals surface area (Å²) in [6, 6.07) is 5.76. The summed E-state index contributed by atoms with van der Waals surface area (Å²) >= 11 is 0. The van der Waals surface area contributed by atoms with Crippen LogP contribution >= 0.6 is 0 Å². The average Bonchev–Trinajstić information content (AvgIpc) is 2.88. The first-order valence-corrected chi connectivity index (χ1v) is 14.0. The van der Waals surface area contributed by atoms with Gasteiger partial charge in [-0.3, -0.25) is 0 Å². The highest BCUT2D eigenvalue weighted by atomic mass is 16.6. The van der Waals surface area contributed by atoms with Crippen LogP contribution in [-0.2, 0) is 11.2 Å². The molecule has 0 aromatic heterocycles. The van der Waals surface area contributed by atoms with Crippen molar-refractivity contribution in [1.29, 1.82) is 0 Å². The second-order valence-corrected chi connectivity index (χ2v) is 11.2. The fourth-order valence-corrected chi connectivity index (χ4v) is 5.11. The minimum absolute atomic E-state index is 0.0182. The van der Waals surface area contributed by atoms with E-state index in [0.29, 0.717) is 12.2 Å². The summed E-state index contributed by atoms with van der Waals surface area (Å²) < 4.78 is 5.37. The lowest BCUT2D eigenvalue weighted by atomic mass is 9.81. The second kappa shape index (κ2) is 17.0. The smallest absolute Gasteiger partial charge is 0.404 e. The highest BCUT2D eigenvalue weighted by Crippen LogP contribution is 2.29. The number of amides is 1. The van der Waals surface area contributed by atoms with Gasteiger partial charge in [0, 0.05) is 23.7 Å². The monoisotopic (exact) mass is 541 g/mol. The Morgan fingerprint density at radius 1 is 1.05 bits per heavy atom. The summed E-state index contributed by atoms with van der Waals surface area (Å²) in [5.41, 5.74) is 8.35. The SMILES string of the molecule is C=C/C=C\[C@H](C)[C@H](OC(N)=O)[C@@H](C)[C@H](O)[C@@H](C)C/C(C)=C\[C@H](C)[C@@H](O)[C@@H](C)/C=C\CCc1ccc(C)c(O)c1. The van der Waals surface area contributed by atoms with Gasteiger partial charge in [0.2, 0.25) is 0 Å². The molecule has 0 radical (unpaired) electrons. The van der Waals surface area contributed by atoms with Gasteiger partial charge in [-0.05, 0) is 56.2 Å². The average molecular weight is 542 g/mol. The molecule has 8 atom stereocenters. The number of primary amides is 1. The van der Waals surface area contributed by atoms with E-state index in [9.17, 15) is 20.1 Å². The molecule has 0 bridgehead atoms. The molecule has 1 aromatic carbocycles. The summed E-state index contributed by atoms with van der Waals surface area (Å²) in [7, 11) is 0. The number of benzene rings is 1. The van der Waals surface area contributed by atoms with E-state index in [2.05, 4.69) is 18.7 Å². The third-order valence-electron chi connectivity index (χ3n) is 7.54. The summed E-state index contributed by atoms with van der Waals surface area (Å²) in [5.74, 6) is -0.319. The number of aliphatic hydroxyl groups excluding tert-OH is 2. The predicted molar refractivity (Wildman–Crippen MR) is 160 cm³/mol. The molecule has 1 amide bonds. The van der Waals surface area contributed by atoms with E-state index in [4.69, 9.17) is 10.5 Å². The molecule has 6 nitrogen and oxygen atoms in total. The number of rotatable bonds is 16. The van der Waals surface area contributed by atoms with Crippen LogP contribution in [0.1, 0.15) is 65.5 Å². The maximum Gasteiger partial charge on any atom is 0.404 e. The zero-order chi connectivity index (χ0) is 29.7. The molecule has 1 aromatic rings. The predicted octanol–water partition coefficient (Wildman–Crippen LogP) is 6.63. The van der Waals surface area contributed by atoms with Crippen LogP contribution in [0.2, 0.25) is 0 Å². The molecule has 0 saturated carbocycles. The van der Waals surface area contributed by atoms with E-state index < -0.39 is 24.4 Å². The summed E-state index contributed by atoms with van der Waals surface area (Å²) in [6.07, 6.45) is 11.2. The maximum atomic E-state index is 11.5. The van der Waals surface area contributed by atoms with Crippen molar-refractivity contribution in [3.63, 3.8) is 0 Å². The number of allylic oxidation sites excluding steroid dienone is 4. The Bertz CT molecular complexity index is 998. The van der Waals surface area contributed by atoms with Gasteiger partial charge >= 0.3 is 6.09 Å². The van der Waals surface area contributed by atoms with E-state index in [-0.39, 0.29) is 29.6 Å². The van der Waals surface area contributed by atoms with Crippen molar-refractivity contribution >= 4 is 6.09 Å². The number of nitrogens with two attached hydrogens (primary N) is 1. The lowest BCUT2D eigenvalue weighted by Gasteiger charge is -2.33. The quantitative estimate of drug-likeness (QED) is 0.138. The normalized spacial score (nSPS) is 18.7. The van der Waals surface area contributed by atoms with Gasteiger partial charge in [0.1, 0.15) is 11.9 Å². The van der Waals surface area contributed by atoms with E-state index >= 15 is 0 Å². The number of carbonyl (C=O) groups excluding carboxylic acids is 1. The number of phenolic OH excluding ortho intramolecular Hbond substituents is 1. The number of aromatic hydroxyl groups is 1. The highest BCUT2D eigenvalue weighted by Gasteiger charge is 2.33. The molecule has 0 unspecified atom stereocenters. The zero-order valence-electron chi connectivity index (χ0n) is 24.9. The van der Waals surface area contributed by atoms with Crippen LogP contribution in [0.5, 0.6) is 5.75 Å². The molecule has 0 spiro atoms. The molecule has 0 aliphatic rings. The molecule has 0 aliphatic heterocycles. The zero-order valence-corrected chi connectivity index (χ0v) is 24.9. The largest absolute Gasteiger partial charge is 0.508 e. The molecule has 0 heterocycles. The van der Waals surface area contributed by atoms with Crippen LogP contribution in [-0.4, -0.2) is 39.7 Å². The van der Waals surface area contributed by atoms with Crippen LogP contribution in [0.4, 0.5) is 4.79 Å². The number of carbonyl (C=O) groups is 1. The van der Waals surface area contributed by atoms with Gasteiger partial charge in [-0.2, -0.15) is 0 Å². The minimum Gasteiger partial charge on any atom is -0.508 e. The number of aliphatic hydroxyl groups is 2. The van der Waals surface area contributed by atoms with Crippen molar-refractivity contribution in [2.75, 3.05) is 0 Å². The van der Waals surface area contributed by atoms with Crippen LogP contribution in [0.3, 0.4) is 0 Å². The second-order valence-electron chi connectivity index (χ2n) is 11.2. The van der Waals surface area contributed by atoms with Gasteiger partial charge in [-0.15, -0.1) is 0 Å². The van der Waals surface area contributed by atoms with Crippen LogP contribution in [0.25, 0.3) is 0 Å². The molecule has 218 valence electrons. The van der Waals surface area contributed by atoms with Crippen molar-refractivity contribution < 1.29 is 24.9 Å². The first-order chi connectivity index (χ1) is 18.3. The Labute approximate surface area is 236 Å². The summed E-state index contributed by atoms with van der Waals surface area (Å²) in [4.78, 5) is 11.5. The van der Waals surface area contributed by atoms with E-state index in [1.165, 1.54) is 0 Å². The molecular weight excluding hydrogens is 490 g/mol. The van der Waals surface area contributed by atoms with Gasteiger partial charge < -0.3 is 25.8 Å². The Kier molecular flexibility index (Phi) is 14.9. The fraction of sp³-hybridized carbons (Fsp3) is 0.545. The van der Waals surface area contributed by atoms with E-state index in [1.807, 2.05) is 72.8 Å². The first kappa shape index (κ1) is 34.2. The van der Waals surface area contributed by atoms with Gasteiger partial charge in [-0.1, -0.05) is 95.4 Å². The topological polar surface area (TPSA) is 113 Å². The van der Waals surface area contributed by atoms with Gasteiger partial charge in [-0.25, -0.2) is 4.79 Å². The Balaban J connectivity index is 2.71. The molecule has 0 saturated heterocycles. The minimum atomic E-state index is -0.859. The van der Waals surface area contributed by atoms with Crippen molar-refractivity contribution in [3.05, 3.63) is 77.9 Å². The number of hydrogen-bond acceptors (Lipinski definition) is 5. The molecule has 39 heavy (non-hydrogen) atoms. The first-order valence-electron chi connectivity index (χ1n) is 14.0. The number of hydrogen-bond donors (Lipinski definition) is 4. The van der Waals surface area contributed by atoms with E-state index in [1.54, 1.807) is 18.2 Å². The van der Waals surface area contributed by atoms with Gasteiger partial charge in [0.15, 0.2) is 0 Å². The lowest BCUT2D eigenvalue weighted by molar-refractivity contribution is -0.0266. The van der Waals surface area contributed by atoms with E-state index in [0.717, 1.165) is 29.5 Å². The molecule has 0 fully saturated rings. The van der Waals surface area contributed by atoms with Gasteiger partial charge in [0.25, 0.3) is 0 Å². The van der Waals surface area contributed by atoms with Crippen molar-refractivity contribution in [2.24, 2.45) is 35.3 Å². The number of phenols is 1. The standard InChI is InChI=1S/C33H51NO5/c1-9-10-13-24(5)32(39-33(34)38)27(8)31(37)26(7)19-21(2)18-25(6)30(36)23(4)14-11-12-15-28-17-16-22(3)29(35)20-28/h9-11,13-14,16-18,20,23-27,30-32,35-37H,1,12,15,19H2,2-8H3,(H2,34,38)/b13-10-,14-11-,21-18-/t23-,24-,25-,26-,27-,30-,31+,32-/m0/s1. The Morgan fingerprint density at radius 3 is 2.31 bits per heavy atom. The highest BCUT2D eigenvalue weighted by molar-refractivity contribution is 5.64. The Hall–Kier alpha value is -2.83. The van der Waals surface area contributed by atoms with Crippen LogP contribution in [0, 0.1) is 36.5 Å². The van der Waals surface area contributed by atoms with Crippen molar-refractivity contribution in [1.82, 2.24) is 0 Å². The molecule has 6 heteroatoms. The van der Waals surface area contributed by atoms with Crippen molar-refractivity contribution in [2.45, 2.75) is 86.0 Å². The molecular formula is C33H51NO5. The van der Waals surface area contributed by atoms with Gasteiger partial charge in [0.05, 0.1) is 12.2 Å².